The van der Waals surface area contributed by atoms with Gasteiger partial charge in [0.2, 0.25) is 0 Å². The van der Waals surface area contributed by atoms with Gasteiger partial charge in [0.05, 0.1) is 18.1 Å². The van der Waals surface area contributed by atoms with Crippen LogP contribution < -0.4 is 0 Å². The number of hydrogen-bond acceptors (Lipinski definition) is 2. The van der Waals surface area contributed by atoms with Crippen molar-refractivity contribution in [1.29, 1.82) is 0 Å². The molecule has 0 N–H and O–H groups in total. The maximum absolute atomic E-state index is 7.58. The van der Waals surface area contributed by atoms with E-state index in [-0.39, 0.29) is 0 Å². The van der Waals surface area contributed by atoms with Crippen LogP contribution in [0.15, 0.2) is 11.1 Å². The summed E-state index contributed by atoms with van der Waals surface area (Å²) in [6.07, 6.45) is 0. The summed E-state index contributed by atoms with van der Waals surface area (Å²) in [5.74, 6) is 0. The molecule has 0 heterocycles. The molecule has 0 atom stereocenters. The fourth-order valence-electron chi connectivity index (χ4n) is 1.24. The molecule has 0 aromatic rings. The van der Waals surface area contributed by atoms with E-state index in [1.807, 2.05) is 0 Å². The number of hydrogen-bond donors (Lipinski definition) is 0. The molecule has 0 aromatic heterocycles. The number of ether oxygens (including phenoxy) is 2. The van der Waals surface area contributed by atoms with E-state index in [1.165, 1.54) is 0 Å². The molecule has 0 radical (unpaired) electrons. The maximum atomic E-state index is 7.58. The minimum atomic E-state index is -2.52. The van der Waals surface area contributed by atoms with Crippen LogP contribution in [0.5, 0.6) is 0 Å². The van der Waals surface area contributed by atoms with Crippen LogP contribution in [-0.4, -0.2) is 24.8 Å². The molecule has 0 aliphatic heterocycles. The highest BCUT2D eigenvalue weighted by atomic mass is 16.5. The Hall–Kier alpha value is -0.340. The molecule has 0 amide bonds. The molecule has 0 rings (SSSR count). The molecule has 0 saturated heterocycles. The van der Waals surface area contributed by atoms with Crippen LogP contribution in [0, 0.1) is 0 Å². The van der Waals surface area contributed by atoms with Gasteiger partial charge in [0.25, 0.3) is 0 Å². The van der Waals surface area contributed by atoms with E-state index in [2.05, 4.69) is 0 Å². The van der Waals surface area contributed by atoms with E-state index < -0.39 is 31.7 Å². The van der Waals surface area contributed by atoms with Crippen LogP contribution >= 0.6 is 0 Å². The third-order valence-corrected chi connectivity index (χ3v) is 2.95. The highest BCUT2D eigenvalue weighted by Crippen LogP contribution is 2.30. The van der Waals surface area contributed by atoms with Gasteiger partial charge >= 0.3 is 0 Å². The van der Waals surface area contributed by atoms with Crippen LogP contribution in [-0.2, 0) is 9.47 Å². The lowest BCUT2D eigenvalue weighted by molar-refractivity contribution is 0.0110. The average molecular weight is 220 g/mol. The van der Waals surface area contributed by atoms with Gasteiger partial charge in [0.1, 0.15) is 0 Å². The summed E-state index contributed by atoms with van der Waals surface area (Å²) in [5, 5.41) is 0. The van der Waals surface area contributed by atoms with Crippen LogP contribution in [0.2, 0.25) is 0 Å². The van der Waals surface area contributed by atoms with Crippen LogP contribution in [0.25, 0.3) is 0 Å². The molecule has 90 valence electrons. The Bertz CT molecular complexity index is 396. The molecule has 0 spiro atoms. The summed E-state index contributed by atoms with van der Waals surface area (Å²) in [7, 11) is -2.52. The quantitative estimate of drug-likeness (QED) is 0.660. The van der Waals surface area contributed by atoms with Gasteiger partial charge in [-0.05, 0) is 59.6 Å². The highest BCUT2D eigenvalue weighted by Gasteiger charge is 2.28. The van der Waals surface area contributed by atoms with E-state index in [1.54, 1.807) is 41.5 Å². The van der Waals surface area contributed by atoms with Crippen LogP contribution in [0.1, 0.15) is 56.7 Å². The number of methoxy groups -OCH3 is 1. The summed E-state index contributed by atoms with van der Waals surface area (Å²) >= 11 is 0. The van der Waals surface area contributed by atoms with Gasteiger partial charge in [0.15, 0.2) is 0 Å². The van der Waals surface area contributed by atoms with Gasteiger partial charge in [-0.25, -0.2) is 0 Å². The largest absolute Gasteiger partial charge is 0.374 e. The third kappa shape index (κ3) is 3.62. The second-order valence-corrected chi connectivity index (χ2v) is 4.62. The van der Waals surface area contributed by atoms with Gasteiger partial charge in [0, 0.05) is 15.0 Å². The van der Waals surface area contributed by atoms with Gasteiger partial charge in [-0.15, -0.1) is 0 Å². The zero-order valence-corrected chi connectivity index (χ0v) is 10.5. The predicted molar refractivity (Wildman–Crippen MR) is 65.2 cm³/mol. The predicted octanol–water partition coefficient (Wildman–Crippen LogP) is 3.56. The Morgan fingerprint density at radius 2 is 1.67 bits per heavy atom. The molecule has 2 nitrogen and oxygen atoms in total. The second-order valence-electron chi connectivity index (χ2n) is 4.62. The normalized spacial score (nSPS) is 22.8. The molecule has 0 fully saturated rings. The SMILES string of the molecule is [2H]CC([2H])([2H])OC(C)(C)/C(C)=C(/C)C(C)(C)OC([2H])([2H])[2H]. The lowest BCUT2D eigenvalue weighted by Crippen LogP contribution is -2.32. The minimum Gasteiger partial charge on any atom is -0.374 e. The highest BCUT2D eigenvalue weighted by molar-refractivity contribution is 5.25. The summed E-state index contributed by atoms with van der Waals surface area (Å²) < 4.78 is 54.5. The van der Waals surface area contributed by atoms with Crippen molar-refractivity contribution >= 4 is 0 Å². The first-order valence-electron chi connectivity index (χ1n) is 8.13. The molecule has 0 aliphatic carbocycles. The summed E-state index contributed by atoms with van der Waals surface area (Å²) in [5.41, 5.74) is -0.688. The van der Waals surface area contributed by atoms with Gasteiger partial charge in [-0.2, -0.15) is 0 Å². The Morgan fingerprint density at radius 1 is 1.13 bits per heavy atom. The van der Waals surface area contributed by atoms with Crippen molar-refractivity contribution in [1.82, 2.24) is 0 Å². The van der Waals surface area contributed by atoms with Gasteiger partial charge in [-0.1, -0.05) is 0 Å². The Labute approximate surface area is 103 Å². The molecule has 0 saturated carbocycles. The first kappa shape index (κ1) is 7.08. The lowest BCUT2D eigenvalue weighted by atomic mass is 9.87. The zero-order valence-electron chi connectivity index (χ0n) is 16.5. The molecule has 0 aromatic carbocycles. The molecular formula is C13H26O2. The van der Waals surface area contributed by atoms with E-state index in [9.17, 15) is 0 Å². The van der Waals surface area contributed by atoms with Crippen molar-refractivity contribution in [2.24, 2.45) is 0 Å². The van der Waals surface area contributed by atoms with Crippen LogP contribution in [0.3, 0.4) is 0 Å². The Balaban J connectivity index is 5.47. The molecule has 15 heavy (non-hydrogen) atoms. The van der Waals surface area contributed by atoms with Crippen molar-refractivity contribution in [3.63, 3.8) is 0 Å². The lowest BCUT2D eigenvalue weighted by Gasteiger charge is -2.33. The summed E-state index contributed by atoms with van der Waals surface area (Å²) in [6.45, 7) is 7.57. The fourth-order valence-corrected chi connectivity index (χ4v) is 1.24. The molecular weight excluding hydrogens is 188 g/mol. The van der Waals surface area contributed by atoms with Gasteiger partial charge < -0.3 is 9.47 Å². The van der Waals surface area contributed by atoms with E-state index >= 15 is 0 Å². The van der Waals surface area contributed by atoms with E-state index in [4.69, 9.17) is 17.7 Å². The molecule has 0 bridgehead atoms. The van der Waals surface area contributed by atoms with E-state index in [0.29, 0.717) is 11.1 Å². The van der Waals surface area contributed by atoms with E-state index in [0.717, 1.165) is 0 Å². The monoisotopic (exact) mass is 220 g/mol. The molecule has 0 unspecified atom stereocenters. The third-order valence-electron chi connectivity index (χ3n) is 2.95. The summed E-state index contributed by atoms with van der Waals surface area (Å²) in [4.78, 5) is 0. The van der Waals surface area contributed by atoms with Crippen molar-refractivity contribution in [2.75, 3.05) is 13.6 Å². The number of rotatable bonds is 5. The van der Waals surface area contributed by atoms with Crippen LogP contribution in [0.4, 0.5) is 0 Å². The minimum absolute atomic E-state index is 0.516. The van der Waals surface area contributed by atoms with Crippen molar-refractivity contribution in [3.8, 4) is 0 Å². The first-order valence-corrected chi connectivity index (χ1v) is 4.92. The smallest absolute Gasteiger partial charge is 0.0836 e. The second kappa shape index (κ2) is 5.13. The van der Waals surface area contributed by atoms with Crippen molar-refractivity contribution < 1.29 is 17.7 Å². The fraction of sp³-hybridized carbons (Fsp3) is 0.846. The van der Waals surface area contributed by atoms with Crippen molar-refractivity contribution in [2.45, 2.75) is 59.6 Å². The van der Waals surface area contributed by atoms with Gasteiger partial charge in [-0.3, -0.25) is 0 Å². The average Bonchev–Trinajstić information content (AvgIpc) is 2.22. The Morgan fingerprint density at radius 3 is 2.13 bits per heavy atom. The standard InChI is InChI=1S/C13H26O2/c1-9-15-13(6,7)11(3)10(2)12(4,5)14-8/h9H2,1-8H3/b11-10-/i1D,8D3,9D2. The first-order chi connectivity index (χ1) is 9.04. The summed E-state index contributed by atoms with van der Waals surface area (Å²) in [6, 6.07) is 0. The molecule has 0 aliphatic rings. The maximum Gasteiger partial charge on any atom is 0.0836 e. The Kier molecular flexibility index (Phi) is 2.42. The topological polar surface area (TPSA) is 18.5 Å². The molecule has 2 heteroatoms. The zero-order chi connectivity index (χ0) is 17.3. The van der Waals surface area contributed by atoms with Crippen molar-refractivity contribution in [3.05, 3.63) is 11.1 Å².